The van der Waals surface area contributed by atoms with Crippen molar-refractivity contribution in [3.05, 3.63) is 28.3 Å². The standard InChI is InChI=1S/C9H9ClF3NO2/c10-6-1-4(7(14)3-15)8(16)2-5(6)9(11,12)13/h1-2,7,15-16H,3,14H2/t7-/m0/s1. The lowest BCUT2D eigenvalue weighted by molar-refractivity contribution is -0.137. The van der Waals surface area contributed by atoms with Crippen molar-refractivity contribution in [2.75, 3.05) is 6.61 Å². The average Bonchev–Trinajstić information content (AvgIpc) is 2.18. The van der Waals surface area contributed by atoms with Gasteiger partial charge in [0.1, 0.15) is 5.75 Å². The predicted octanol–water partition coefficient (Wildman–Crippen LogP) is 2.06. The van der Waals surface area contributed by atoms with Crippen LogP contribution in [0.3, 0.4) is 0 Å². The van der Waals surface area contributed by atoms with Crippen LogP contribution >= 0.6 is 11.6 Å². The molecule has 3 nitrogen and oxygen atoms in total. The van der Waals surface area contributed by atoms with Crippen molar-refractivity contribution >= 4 is 11.6 Å². The van der Waals surface area contributed by atoms with E-state index < -0.39 is 35.2 Å². The molecule has 1 aromatic carbocycles. The van der Waals surface area contributed by atoms with Crippen molar-refractivity contribution in [2.45, 2.75) is 12.2 Å². The molecule has 90 valence electrons. The van der Waals surface area contributed by atoms with E-state index in [0.29, 0.717) is 6.07 Å². The molecule has 7 heteroatoms. The lowest BCUT2D eigenvalue weighted by Gasteiger charge is -2.15. The van der Waals surface area contributed by atoms with Gasteiger partial charge in [0, 0.05) is 5.56 Å². The second-order valence-corrected chi connectivity index (χ2v) is 3.58. The van der Waals surface area contributed by atoms with Crippen molar-refractivity contribution in [1.29, 1.82) is 0 Å². The Balaban J connectivity index is 3.28. The molecule has 0 unspecified atom stereocenters. The normalized spacial score (nSPS) is 13.9. The third-order valence-electron chi connectivity index (χ3n) is 2.02. The van der Waals surface area contributed by atoms with Crippen LogP contribution in [0.25, 0.3) is 0 Å². The van der Waals surface area contributed by atoms with Crippen LogP contribution < -0.4 is 5.73 Å². The number of aliphatic hydroxyl groups excluding tert-OH is 1. The number of aromatic hydroxyl groups is 1. The topological polar surface area (TPSA) is 66.5 Å². The first-order valence-corrected chi connectivity index (χ1v) is 4.61. The SMILES string of the molecule is N[C@@H](CO)c1cc(Cl)c(C(F)(F)F)cc1O. The number of hydrogen-bond donors (Lipinski definition) is 3. The minimum atomic E-state index is -4.64. The van der Waals surface area contributed by atoms with Crippen molar-refractivity contribution < 1.29 is 23.4 Å². The Bertz CT molecular complexity index is 395. The maximum absolute atomic E-state index is 12.4. The molecule has 0 fully saturated rings. The molecule has 0 heterocycles. The Morgan fingerprint density at radius 2 is 1.94 bits per heavy atom. The predicted molar refractivity (Wildman–Crippen MR) is 52.1 cm³/mol. The Hall–Kier alpha value is -0.980. The minimum Gasteiger partial charge on any atom is -0.508 e. The molecule has 0 aliphatic rings. The van der Waals surface area contributed by atoms with E-state index in [1.807, 2.05) is 0 Å². The van der Waals surface area contributed by atoms with Gasteiger partial charge < -0.3 is 15.9 Å². The van der Waals surface area contributed by atoms with E-state index in [1.54, 1.807) is 0 Å². The summed E-state index contributed by atoms with van der Waals surface area (Å²) in [4.78, 5) is 0. The molecular formula is C9H9ClF3NO2. The highest BCUT2D eigenvalue weighted by atomic mass is 35.5. The Morgan fingerprint density at radius 3 is 2.38 bits per heavy atom. The summed E-state index contributed by atoms with van der Waals surface area (Å²) in [6.07, 6.45) is -4.64. The summed E-state index contributed by atoms with van der Waals surface area (Å²) in [6.45, 7) is -0.505. The lowest BCUT2D eigenvalue weighted by atomic mass is 10.0. The Labute approximate surface area is 94.3 Å². The molecule has 0 spiro atoms. The molecular weight excluding hydrogens is 247 g/mol. The van der Waals surface area contributed by atoms with Gasteiger partial charge in [-0.3, -0.25) is 0 Å². The third kappa shape index (κ3) is 2.58. The second kappa shape index (κ2) is 4.48. The first-order valence-electron chi connectivity index (χ1n) is 4.23. The van der Waals surface area contributed by atoms with E-state index in [9.17, 15) is 18.3 Å². The summed E-state index contributed by atoms with van der Waals surface area (Å²) in [5.74, 6) is -0.640. The molecule has 0 saturated heterocycles. The van der Waals surface area contributed by atoms with E-state index >= 15 is 0 Å². The van der Waals surface area contributed by atoms with E-state index in [4.69, 9.17) is 22.4 Å². The lowest BCUT2D eigenvalue weighted by Crippen LogP contribution is -2.15. The molecule has 16 heavy (non-hydrogen) atoms. The fourth-order valence-electron chi connectivity index (χ4n) is 1.19. The number of halogens is 4. The van der Waals surface area contributed by atoms with E-state index in [2.05, 4.69) is 0 Å². The molecule has 0 saturated carbocycles. The van der Waals surface area contributed by atoms with Crippen LogP contribution in [0.5, 0.6) is 5.75 Å². The second-order valence-electron chi connectivity index (χ2n) is 3.18. The van der Waals surface area contributed by atoms with E-state index in [1.165, 1.54) is 0 Å². The van der Waals surface area contributed by atoms with Gasteiger partial charge in [-0.1, -0.05) is 11.6 Å². The smallest absolute Gasteiger partial charge is 0.417 e. The number of hydrogen-bond acceptors (Lipinski definition) is 3. The number of phenolic OH excluding ortho intramolecular Hbond substituents is 1. The van der Waals surface area contributed by atoms with Gasteiger partial charge in [-0.15, -0.1) is 0 Å². The van der Waals surface area contributed by atoms with Crippen LogP contribution in [-0.4, -0.2) is 16.8 Å². The van der Waals surface area contributed by atoms with Gasteiger partial charge in [0.2, 0.25) is 0 Å². The summed E-state index contributed by atoms with van der Waals surface area (Å²) in [5, 5.41) is 17.5. The number of phenols is 1. The number of rotatable bonds is 2. The number of nitrogens with two attached hydrogens (primary N) is 1. The maximum atomic E-state index is 12.4. The fourth-order valence-corrected chi connectivity index (χ4v) is 1.47. The highest BCUT2D eigenvalue weighted by Gasteiger charge is 2.34. The van der Waals surface area contributed by atoms with Gasteiger partial charge >= 0.3 is 6.18 Å². The zero-order valence-corrected chi connectivity index (χ0v) is 8.68. The third-order valence-corrected chi connectivity index (χ3v) is 2.33. The van der Waals surface area contributed by atoms with Gasteiger partial charge in [-0.2, -0.15) is 13.2 Å². The summed E-state index contributed by atoms with van der Waals surface area (Å²) in [6, 6.07) is 0.424. The molecule has 0 radical (unpaired) electrons. The van der Waals surface area contributed by atoms with Crippen molar-refractivity contribution in [3.8, 4) is 5.75 Å². The highest BCUT2D eigenvalue weighted by molar-refractivity contribution is 6.31. The first-order chi connectivity index (χ1) is 7.27. The zero-order chi connectivity index (χ0) is 12.5. The van der Waals surface area contributed by atoms with Crippen LogP contribution in [-0.2, 0) is 6.18 Å². The molecule has 1 aromatic rings. The van der Waals surface area contributed by atoms with E-state index in [-0.39, 0.29) is 5.56 Å². The van der Waals surface area contributed by atoms with Gasteiger partial charge in [0.25, 0.3) is 0 Å². The van der Waals surface area contributed by atoms with Gasteiger partial charge in [-0.25, -0.2) is 0 Å². The van der Waals surface area contributed by atoms with Crippen molar-refractivity contribution in [2.24, 2.45) is 5.73 Å². The monoisotopic (exact) mass is 255 g/mol. The van der Waals surface area contributed by atoms with Crippen LogP contribution in [0.15, 0.2) is 12.1 Å². The highest BCUT2D eigenvalue weighted by Crippen LogP contribution is 2.39. The van der Waals surface area contributed by atoms with Crippen molar-refractivity contribution in [3.63, 3.8) is 0 Å². The zero-order valence-electron chi connectivity index (χ0n) is 7.92. The average molecular weight is 256 g/mol. The molecule has 0 aliphatic carbocycles. The van der Waals surface area contributed by atoms with Gasteiger partial charge in [0.05, 0.1) is 23.2 Å². The first kappa shape index (κ1) is 13.1. The van der Waals surface area contributed by atoms with Crippen LogP contribution in [0.2, 0.25) is 5.02 Å². The Kier molecular flexibility index (Phi) is 3.67. The molecule has 1 atom stereocenters. The fraction of sp³-hybridized carbons (Fsp3) is 0.333. The van der Waals surface area contributed by atoms with Crippen LogP contribution in [0.4, 0.5) is 13.2 Å². The molecule has 0 amide bonds. The molecule has 0 aromatic heterocycles. The van der Waals surface area contributed by atoms with Crippen molar-refractivity contribution in [1.82, 2.24) is 0 Å². The minimum absolute atomic E-state index is 0.0273. The summed E-state index contributed by atoms with van der Waals surface area (Å²) in [5.41, 5.74) is 4.21. The summed E-state index contributed by atoms with van der Waals surface area (Å²) in [7, 11) is 0. The summed E-state index contributed by atoms with van der Waals surface area (Å²) < 4.78 is 37.1. The van der Waals surface area contributed by atoms with Gasteiger partial charge in [0.15, 0.2) is 0 Å². The van der Waals surface area contributed by atoms with E-state index in [0.717, 1.165) is 6.07 Å². The summed E-state index contributed by atoms with van der Waals surface area (Å²) >= 11 is 5.42. The molecule has 0 bridgehead atoms. The molecule has 0 aliphatic heterocycles. The number of benzene rings is 1. The van der Waals surface area contributed by atoms with Gasteiger partial charge in [-0.05, 0) is 12.1 Å². The number of aliphatic hydroxyl groups is 1. The molecule has 1 rings (SSSR count). The molecule has 4 N–H and O–H groups in total. The number of alkyl halides is 3. The van der Waals surface area contributed by atoms with Crippen LogP contribution in [0.1, 0.15) is 17.2 Å². The maximum Gasteiger partial charge on any atom is 0.417 e. The van der Waals surface area contributed by atoms with Crippen LogP contribution in [0, 0.1) is 0 Å². The largest absolute Gasteiger partial charge is 0.508 e. The quantitative estimate of drug-likeness (QED) is 0.758. The Morgan fingerprint density at radius 1 is 1.38 bits per heavy atom.